The van der Waals surface area contributed by atoms with Gasteiger partial charge in [0.15, 0.2) is 11.5 Å². The minimum Gasteiger partial charge on any atom is -0.454 e. The summed E-state index contributed by atoms with van der Waals surface area (Å²) in [4.78, 5) is 27.8. The lowest BCUT2D eigenvalue weighted by Gasteiger charge is -2.26. The maximum atomic E-state index is 12.2. The van der Waals surface area contributed by atoms with Crippen LogP contribution in [-0.4, -0.2) is 69.4 Å². The average molecular weight is 349 g/mol. The molecule has 2 aliphatic rings. The smallest absolute Gasteiger partial charge is 0.240 e. The number of ether oxygens (including phenoxy) is 3. The van der Waals surface area contributed by atoms with Crippen LogP contribution in [0.1, 0.15) is 6.92 Å². The highest BCUT2D eigenvalue weighted by Crippen LogP contribution is 2.35. The van der Waals surface area contributed by atoms with Crippen molar-refractivity contribution < 1.29 is 23.8 Å². The molecule has 3 rings (SSSR count). The van der Waals surface area contributed by atoms with Crippen LogP contribution in [0.5, 0.6) is 11.5 Å². The minimum atomic E-state index is -0.206. The number of benzene rings is 1. The zero-order valence-electron chi connectivity index (χ0n) is 14.3. The number of carbonyl (C=O) groups is 2. The highest BCUT2D eigenvalue weighted by atomic mass is 16.7. The molecular weight excluding hydrogens is 326 g/mol. The largest absolute Gasteiger partial charge is 0.454 e. The summed E-state index contributed by atoms with van der Waals surface area (Å²) in [5.41, 5.74) is 0.611. The lowest BCUT2D eigenvalue weighted by molar-refractivity contribution is -0.123. The van der Waals surface area contributed by atoms with Gasteiger partial charge in [0.05, 0.1) is 13.2 Å². The molecule has 0 atom stereocenters. The number of anilines is 1. The third kappa shape index (κ3) is 4.61. The number of nitrogens with zero attached hydrogens (tertiary/aromatic N) is 2. The monoisotopic (exact) mass is 349 g/mol. The standard InChI is InChI=1S/C17H23N3O5/c1-13(21)20(14-2-3-15-16(10-14)25-12-24-15)11-17(22)18-4-5-19-6-8-23-9-7-19/h2-3,10H,4-9,11-12H2,1H3,(H,18,22). The maximum absolute atomic E-state index is 12.2. The Morgan fingerprint density at radius 1 is 1.20 bits per heavy atom. The van der Waals surface area contributed by atoms with Crippen molar-refractivity contribution in [1.29, 1.82) is 0 Å². The molecule has 0 bridgehead atoms. The van der Waals surface area contributed by atoms with E-state index in [0.29, 0.717) is 23.7 Å². The van der Waals surface area contributed by atoms with Crippen LogP contribution >= 0.6 is 0 Å². The molecular formula is C17H23N3O5. The molecule has 2 amide bonds. The van der Waals surface area contributed by atoms with Crippen LogP contribution in [0.25, 0.3) is 0 Å². The summed E-state index contributed by atoms with van der Waals surface area (Å²) in [5.74, 6) is 0.821. The highest BCUT2D eigenvalue weighted by molar-refractivity contribution is 5.97. The van der Waals surface area contributed by atoms with E-state index in [9.17, 15) is 9.59 Å². The number of amides is 2. The Labute approximate surface area is 146 Å². The molecule has 2 aliphatic heterocycles. The number of fused-ring (bicyclic) bond motifs is 1. The summed E-state index contributed by atoms with van der Waals surface area (Å²) in [6, 6.07) is 5.20. The second kappa shape index (κ2) is 8.17. The third-order valence-electron chi connectivity index (χ3n) is 4.20. The molecule has 0 spiro atoms. The van der Waals surface area contributed by atoms with Crippen molar-refractivity contribution in [3.05, 3.63) is 18.2 Å². The molecule has 2 heterocycles. The topological polar surface area (TPSA) is 80.3 Å². The van der Waals surface area contributed by atoms with Crippen LogP contribution in [0, 0.1) is 0 Å². The summed E-state index contributed by atoms with van der Waals surface area (Å²) in [6.07, 6.45) is 0. The Bertz CT molecular complexity index is 631. The zero-order chi connectivity index (χ0) is 17.6. The van der Waals surface area contributed by atoms with Crippen molar-refractivity contribution >= 4 is 17.5 Å². The minimum absolute atomic E-state index is 0.0297. The van der Waals surface area contributed by atoms with Gasteiger partial charge in [-0.15, -0.1) is 0 Å². The predicted octanol–water partition coefficient (Wildman–Crippen LogP) is 0.217. The summed E-state index contributed by atoms with van der Waals surface area (Å²) < 4.78 is 15.9. The molecule has 0 radical (unpaired) electrons. The number of hydrogen-bond acceptors (Lipinski definition) is 6. The van der Waals surface area contributed by atoms with E-state index in [4.69, 9.17) is 14.2 Å². The normalized spacial score (nSPS) is 16.5. The number of carbonyl (C=O) groups excluding carboxylic acids is 2. The van der Waals surface area contributed by atoms with Gasteiger partial charge in [0.25, 0.3) is 0 Å². The van der Waals surface area contributed by atoms with Crippen molar-refractivity contribution in [3.8, 4) is 11.5 Å². The van der Waals surface area contributed by atoms with Crippen molar-refractivity contribution in [2.24, 2.45) is 0 Å². The number of rotatable bonds is 6. The van der Waals surface area contributed by atoms with Gasteiger partial charge in [-0.1, -0.05) is 0 Å². The van der Waals surface area contributed by atoms with E-state index in [-0.39, 0.29) is 25.2 Å². The first-order valence-corrected chi connectivity index (χ1v) is 8.38. The van der Waals surface area contributed by atoms with E-state index in [1.54, 1.807) is 18.2 Å². The molecule has 8 heteroatoms. The molecule has 1 N–H and O–H groups in total. The van der Waals surface area contributed by atoms with Gasteiger partial charge in [-0.2, -0.15) is 0 Å². The van der Waals surface area contributed by atoms with E-state index >= 15 is 0 Å². The molecule has 0 aromatic heterocycles. The van der Waals surface area contributed by atoms with Gasteiger partial charge in [0.2, 0.25) is 18.6 Å². The fourth-order valence-electron chi connectivity index (χ4n) is 2.82. The third-order valence-corrected chi connectivity index (χ3v) is 4.20. The number of hydrogen-bond donors (Lipinski definition) is 1. The van der Waals surface area contributed by atoms with Gasteiger partial charge < -0.3 is 24.4 Å². The first kappa shape index (κ1) is 17.5. The Morgan fingerprint density at radius 3 is 2.72 bits per heavy atom. The molecule has 1 aromatic rings. The van der Waals surface area contributed by atoms with Crippen LogP contribution in [0.3, 0.4) is 0 Å². The van der Waals surface area contributed by atoms with Crippen LogP contribution in [0.4, 0.5) is 5.69 Å². The van der Waals surface area contributed by atoms with Crippen molar-refractivity contribution in [1.82, 2.24) is 10.2 Å². The van der Waals surface area contributed by atoms with E-state index < -0.39 is 0 Å². The highest BCUT2D eigenvalue weighted by Gasteiger charge is 2.20. The van der Waals surface area contributed by atoms with Crippen LogP contribution in [0.15, 0.2) is 18.2 Å². The second-order valence-corrected chi connectivity index (χ2v) is 5.95. The first-order valence-electron chi connectivity index (χ1n) is 8.38. The average Bonchev–Trinajstić information content (AvgIpc) is 3.08. The lowest BCUT2D eigenvalue weighted by Crippen LogP contribution is -2.44. The molecule has 0 unspecified atom stereocenters. The fourth-order valence-corrected chi connectivity index (χ4v) is 2.82. The summed E-state index contributed by atoms with van der Waals surface area (Å²) in [7, 11) is 0. The van der Waals surface area contributed by atoms with Gasteiger partial charge in [-0.25, -0.2) is 0 Å². The Morgan fingerprint density at radius 2 is 1.96 bits per heavy atom. The van der Waals surface area contributed by atoms with Gasteiger partial charge in [0.1, 0.15) is 6.54 Å². The summed E-state index contributed by atoms with van der Waals surface area (Å²) in [5, 5.41) is 2.87. The van der Waals surface area contributed by atoms with Crippen LogP contribution in [-0.2, 0) is 14.3 Å². The van der Waals surface area contributed by atoms with E-state index in [2.05, 4.69) is 10.2 Å². The van der Waals surface area contributed by atoms with E-state index in [1.165, 1.54) is 11.8 Å². The van der Waals surface area contributed by atoms with Crippen molar-refractivity contribution in [2.45, 2.75) is 6.92 Å². The molecule has 25 heavy (non-hydrogen) atoms. The molecule has 0 saturated carbocycles. The van der Waals surface area contributed by atoms with Crippen LogP contribution < -0.4 is 19.7 Å². The zero-order valence-corrected chi connectivity index (χ0v) is 14.3. The maximum Gasteiger partial charge on any atom is 0.240 e. The van der Waals surface area contributed by atoms with Gasteiger partial charge in [-0.3, -0.25) is 14.5 Å². The SMILES string of the molecule is CC(=O)N(CC(=O)NCCN1CCOCC1)c1ccc2c(c1)OCO2. The van der Waals surface area contributed by atoms with Crippen molar-refractivity contribution in [3.63, 3.8) is 0 Å². The predicted molar refractivity (Wildman–Crippen MR) is 90.9 cm³/mol. The van der Waals surface area contributed by atoms with Gasteiger partial charge >= 0.3 is 0 Å². The molecule has 136 valence electrons. The molecule has 1 saturated heterocycles. The Kier molecular flexibility index (Phi) is 5.72. The Hall–Kier alpha value is -2.32. The molecule has 0 aliphatic carbocycles. The van der Waals surface area contributed by atoms with Gasteiger partial charge in [0, 0.05) is 44.9 Å². The number of morpholine rings is 1. The van der Waals surface area contributed by atoms with E-state index in [0.717, 1.165) is 32.8 Å². The Balaban J connectivity index is 1.52. The lowest BCUT2D eigenvalue weighted by atomic mass is 10.2. The van der Waals surface area contributed by atoms with Gasteiger partial charge in [-0.05, 0) is 12.1 Å². The molecule has 1 aromatic carbocycles. The molecule has 8 nitrogen and oxygen atoms in total. The first-order chi connectivity index (χ1) is 12.1. The number of nitrogens with one attached hydrogen (secondary N) is 1. The van der Waals surface area contributed by atoms with E-state index in [1.807, 2.05) is 0 Å². The van der Waals surface area contributed by atoms with Crippen molar-refractivity contribution in [2.75, 3.05) is 57.6 Å². The fraction of sp³-hybridized carbons (Fsp3) is 0.529. The summed E-state index contributed by atoms with van der Waals surface area (Å²) in [6.45, 7) is 6.13. The second-order valence-electron chi connectivity index (χ2n) is 5.95. The summed E-state index contributed by atoms with van der Waals surface area (Å²) >= 11 is 0. The quantitative estimate of drug-likeness (QED) is 0.791. The molecule has 1 fully saturated rings. The van der Waals surface area contributed by atoms with Crippen LogP contribution in [0.2, 0.25) is 0 Å².